The molecule has 1 aromatic carbocycles. The molecule has 0 atom stereocenters. The molecule has 0 saturated heterocycles. The second-order valence-corrected chi connectivity index (χ2v) is 6.37. The van der Waals surface area contributed by atoms with Gasteiger partial charge in [-0.05, 0) is 30.9 Å². The zero-order valence-electron chi connectivity index (χ0n) is 12.3. The topological polar surface area (TPSA) is 42.4 Å². The van der Waals surface area contributed by atoms with Crippen molar-refractivity contribution < 1.29 is 9.53 Å². The molecule has 1 aromatic heterocycles. The smallest absolute Gasteiger partial charge is 0.357 e. The SMILES string of the molecule is COC(=O)c1nc(N2CCCc3ccccc3C2)sc1C. The molecule has 0 unspecified atom stereocenters. The van der Waals surface area contributed by atoms with Crippen molar-refractivity contribution in [2.45, 2.75) is 26.3 Å². The van der Waals surface area contributed by atoms with Crippen molar-refractivity contribution in [1.82, 2.24) is 4.98 Å². The Morgan fingerprint density at radius 1 is 1.33 bits per heavy atom. The van der Waals surface area contributed by atoms with Gasteiger partial charge in [0.05, 0.1) is 7.11 Å². The minimum absolute atomic E-state index is 0.356. The molecule has 2 aromatic rings. The molecule has 0 N–H and O–H groups in total. The van der Waals surface area contributed by atoms with Crippen molar-refractivity contribution in [2.24, 2.45) is 0 Å². The van der Waals surface area contributed by atoms with Gasteiger partial charge in [-0.3, -0.25) is 0 Å². The van der Waals surface area contributed by atoms with E-state index in [2.05, 4.69) is 34.1 Å². The number of benzene rings is 1. The molecule has 110 valence electrons. The van der Waals surface area contributed by atoms with Gasteiger partial charge in [-0.2, -0.15) is 0 Å². The summed E-state index contributed by atoms with van der Waals surface area (Å²) in [5.41, 5.74) is 3.21. The van der Waals surface area contributed by atoms with Crippen LogP contribution in [0.25, 0.3) is 0 Å². The largest absolute Gasteiger partial charge is 0.464 e. The zero-order chi connectivity index (χ0) is 14.8. The van der Waals surface area contributed by atoms with Crippen LogP contribution in [0.1, 0.15) is 32.9 Å². The number of methoxy groups -OCH3 is 1. The Bertz CT molecular complexity index is 666. The van der Waals surface area contributed by atoms with Gasteiger partial charge in [0.2, 0.25) is 0 Å². The van der Waals surface area contributed by atoms with Crippen LogP contribution in [0.4, 0.5) is 5.13 Å². The van der Waals surface area contributed by atoms with E-state index in [0.29, 0.717) is 5.69 Å². The zero-order valence-corrected chi connectivity index (χ0v) is 13.1. The molecule has 1 aliphatic heterocycles. The van der Waals surface area contributed by atoms with Crippen LogP contribution in [0.2, 0.25) is 0 Å². The first-order chi connectivity index (χ1) is 10.2. The van der Waals surface area contributed by atoms with Gasteiger partial charge in [0.1, 0.15) is 0 Å². The predicted molar refractivity (Wildman–Crippen MR) is 84.0 cm³/mol. The van der Waals surface area contributed by atoms with Crippen molar-refractivity contribution >= 4 is 22.4 Å². The van der Waals surface area contributed by atoms with E-state index in [-0.39, 0.29) is 5.97 Å². The van der Waals surface area contributed by atoms with Gasteiger partial charge >= 0.3 is 5.97 Å². The standard InChI is InChI=1S/C16H18N2O2S/c1-11-14(15(19)20-2)17-16(21-11)18-9-5-8-12-6-3-4-7-13(12)10-18/h3-4,6-7H,5,8-10H2,1-2H3. The van der Waals surface area contributed by atoms with Crippen molar-refractivity contribution in [3.05, 3.63) is 46.0 Å². The lowest BCUT2D eigenvalue weighted by Crippen LogP contribution is -2.22. The van der Waals surface area contributed by atoms with E-state index >= 15 is 0 Å². The van der Waals surface area contributed by atoms with Crippen molar-refractivity contribution in [2.75, 3.05) is 18.6 Å². The third kappa shape index (κ3) is 2.78. The molecule has 0 aliphatic carbocycles. The number of carbonyl (C=O) groups excluding carboxylic acids is 1. The fourth-order valence-electron chi connectivity index (χ4n) is 2.67. The number of anilines is 1. The fraction of sp³-hybridized carbons (Fsp3) is 0.375. The fourth-order valence-corrected chi connectivity index (χ4v) is 3.59. The predicted octanol–water partition coefficient (Wildman–Crippen LogP) is 3.19. The van der Waals surface area contributed by atoms with E-state index in [1.807, 2.05) is 6.92 Å². The molecular formula is C16H18N2O2S. The monoisotopic (exact) mass is 302 g/mol. The molecule has 2 heterocycles. The number of aryl methyl sites for hydroxylation is 2. The number of aromatic nitrogens is 1. The van der Waals surface area contributed by atoms with Crippen LogP contribution in [-0.4, -0.2) is 24.6 Å². The summed E-state index contributed by atoms with van der Waals surface area (Å²) < 4.78 is 4.79. The highest BCUT2D eigenvalue weighted by molar-refractivity contribution is 7.15. The average Bonchev–Trinajstić information content (AvgIpc) is 2.76. The number of hydrogen-bond acceptors (Lipinski definition) is 5. The molecular weight excluding hydrogens is 284 g/mol. The molecule has 3 rings (SSSR count). The van der Waals surface area contributed by atoms with Crippen molar-refractivity contribution in [3.63, 3.8) is 0 Å². The number of thiazole rings is 1. The van der Waals surface area contributed by atoms with Gasteiger partial charge in [-0.25, -0.2) is 9.78 Å². The quantitative estimate of drug-likeness (QED) is 0.799. The molecule has 21 heavy (non-hydrogen) atoms. The van der Waals surface area contributed by atoms with Gasteiger partial charge in [0, 0.05) is 18.0 Å². The van der Waals surface area contributed by atoms with E-state index < -0.39 is 0 Å². The number of carbonyl (C=O) groups is 1. The van der Waals surface area contributed by atoms with Crippen LogP contribution >= 0.6 is 11.3 Å². The Morgan fingerprint density at radius 2 is 2.10 bits per heavy atom. The summed E-state index contributed by atoms with van der Waals surface area (Å²) in [5, 5.41) is 0.907. The van der Waals surface area contributed by atoms with Crippen LogP contribution in [0.15, 0.2) is 24.3 Å². The summed E-state index contributed by atoms with van der Waals surface area (Å²) in [7, 11) is 1.39. The lowest BCUT2D eigenvalue weighted by molar-refractivity contribution is 0.0594. The molecule has 0 saturated carbocycles. The highest BCUT2D eigenvalue weighted by Crippen LogP contribution is 2.29. The summed E-state index contributed by atoms with van der Waals surface area (Å²) in [4.78, 5) is 19.4. The van der Waals surface area contributed by atoms with Crippen LogP contribution < -0.4 is 4.90 Å². The van der Waals surface area contributed by atoms with Crippen molar-refractivity contribution in [3.8, 4) is 0 Å². The third-order valence-corrected chi connectivity index (χ3v) is 4.82. The summed E-state index contributed by atoms with van der Waals surface area (Å²) >= 11 is 1.56. The Kier molecular flexibility index (Phi) is 3.92. The Balaban J connectivity index is 1.89. The van der Waals surface area contributed by atoms with E-state index in [4.69, 9.17) is 4.74 Å². The summed E-state index contributed by atoms with van der Waals surface area (Å²) in [6.07, 6.45) is 2.20. The van der Waals surface area contributed by atoms with E-state index in [1.165, 1.54) is 18.2 Å². The van der Waals surface area contributed by atoms with Gasteiger partial charge in [0.25, 0.3) is 0 Å². The van der Waals surface area contributed by atoms with Crippen molar-refractivity contribution in [1.29, 1.82) is 0 Å². The molecule has 0 amide bonds. The number of rotatable bonds is 2. The first-order valence-electron chi connectivity index (χ1n) is 7.06. The normalized spacial score (nSPS) is 14.5. The van der Waals surface area contributed by atoms with Crippen LogP contribution in [0, 0.1) is 6.92 Å². The summed E-state index contributed by atoms with van der Waals surface area (Å²) in [5.74, 6) is -0.356. The summed E-state index contributed by atoms with van der Waals surface area (Å²) in [6.45, 7) is 3.73. The van der Waals surface area contributed by atoms with E-state index in [0.717, 1.165) is 35.9 Å². The molecule has 0 bridgehead atoms. The maximum atomic E-state index is 11.7. The van der Waals surface area contributed by atoms with E-state index in [9.17, 15) is 4.79 Å². The van der Waals surface area contributed by atoms with Gasteiger partial charge in [0.15, 0.2) is 10.8 Å². The van der Waals surface area contributed by atoms with Gasteiger partial charge in [-0.15, -0.1) is 11.3 Å². The van der Waals surface area contributed by atoms with Crippen LogP contribution in [0.3, 0.4) is 0 Å². The minimum atomic E-state index is -0.356. The number of esters is 1. The first-order valence-corrected chi connectivity index (χ1v) is 7.88. The average molecular weight is 302 g/mol. The molecule has 0 radical (unpaired) electrons. The van der Waals surface area contributed by atoms with E-state index in [1.54, 1.807) is 11.3 Å². The van der Waals surface area contributed by atoms with Crippen LogP contribution in [0.5, 0.6) is 0 Å². The summed E-state index contributed by atoms with van der Waals surface area (Å²) in [6, 6.07) is 8.55. The molecule has 4 nitrogen and oxygen atoms in total. The lowest BCUT2D eigenvalue weighted by Gasteiger charge is -2.19. The highest BCUT2D eigenvalue weighted by atomic mass is 32.1. The third-order valence-electron chi connectivity index (χ3n) is 3.79. The Morgan fingerprint density at radius 3 is 2.86 bits per heavy atom. The molecule has 5 heteroatoms. The lowest BCUT2D eigenvalue weighted by atomic mass is 10.0. The Hall–Kier alpha value is -1.88. The molecule has 1 aliphatic rings. The molecule has 0 fully saturated rings. The number of fused-ring (bicyclic) bond motifs is 1. The second kappa shape index (κ2) is 5.85. The number of hydrogen-bond donors (Lipinski definition) is 0. The second-order valence-electron chi connectivity index (χ2n) is 5.19. The first kappa shape index (κ1) is 14.1. The van der Waals surface area contributed by atoms with Gasteiger partial charge in [-0.1, -0.05) is 24.3 Å². The van der Waals surface area contributed by atoms with Crippen LogP contribution in [-0.2, 0) is 17.7 Å². The highest BCUT2D eigenvalue weighted by Gasteiger charge is 2.21. The number of ether oxygens (including phenoxy) is 1. The molecule has 0 spiro atoms. The number of nitrogens with zero attached hydrogens (tertiary/aromatic N) is 2. The minimum Gasteiger partial charge on any atom is -0.464 e. The maximum absolute atomic E-state index is 11.7. The Labute approximate surface area is 128 Å². The van der Waals surface area contributed by atoms with Gasteiger partial charge < -0.3 is 9.64 Å². The maximum Gasteiger partial charge on any atom is 0.357 e.